The number of urea groups is 1. The number of nitrogens with zero attached hydrogens (tertiary/aromatic N) is 1. The molecule has 2 aromatic carbocycles. The molecule has 160 valence electrons. The van der Waals surface area contributed by atoms with E-state index >= 15 is 0 Å². The molecule has 0 bridgehead atoms. The lowest BCUT2D eigenvalue weighted by atomic mass is 10.1. The van der Waals surface area contributed by atoms with Crippen molar-refractivity contribution in [3.63, 3.8) is 0 Å². The summed E-state index contributed by atoms with van der Waals surface area (Å²) in [5.41, 5.74) is 1.61. The monoisotopic (exact) mass is 429 g/mol. The molecule has 3 amide bonds. The van der Waals surface area contributed by atoms with E-state index in [2.05, 4.69) is 10.6 Å². The maximum Gasteiger partial charge on any atom is 0.319 e. The van der Waals surface area contributed by atoms with Gasteiger partial charge in [0, 0.05) is 30.3 Å². The summed E-state index contributed by atoms with van der Waals surface area (Å²) in [5, 5.41) is 5.53. The fraction of sp³-hybridized carbons (Fsp3) is 0.364. The first kappa shape index (κ1) is 21.8. The molecule has 0 saturated carbocycles. The molecule has 3 rings (SSSR count). The van der Waals surface area contributed by atoms with Crippen molar-refractivity contribution < 1.29 is 19.1 Å². The van der Waals surface area contributed by atoms with Crippen molar-refractivity contribution in [3.8, 4) is 11.5 Å². The quantitative estimate of drug-likeness (QED) is 0.631. The number of anilines is 1. The summed E-state index contributed by atoms with van der Waals surface area (Å²) in [6.07, 6.45) is 0.386. The van der Waals surface area contributed by atoms with Crippen LogP contribution in [0.25, 0.3) is 0 Å². The van der Waals surface area contributed by atoms with Gasteiger partial charge < -0.3 is 25.0 Å². The minimum Gasteiger partial charge on any atom is -0.493 e. The number of carbonyl (C=O) groups excluding carboxylic acids is 2. The Labute approximate surface area is 181 Å². The highest BCUT2D eigenvalue weighted by Crippen LogP contribution is 2.25. The van der Waals surface area contributed by atoms with Crippen molar-refractivity contribution in [2.45, 2.75) is 6.42 Å². The second kappa shape index (κ2) is 11.3. The van der Waals surface area contributed by atoms with Crippen LogP contribution < -0.4 is 20.1 Å². The Morgan fingerprint density at radius 2 is 1.73 bits per heavy atom. The number of methoxy groups -OCH3 is 1. The van der Waals surface area contributed by atoms with E-state index in [1.807, 2.05) is 53.1 Å². The first-order valence-electron chi connectivity index (χ1n) is 9.91. The zero-order chi connectivity index (χ0) is 21.2. The average molecular weight is 430 g/mol. The number of benzene rings is 2. The van der Waals surface area contributed by atoms with Gasteiger partial charge in [-0.3, -0.25) is 4.79 Å². The molecule has 1 heterocycles. The Morgan fingerprint density at radius 3 is 2.43 bits per heavy atom. The molecule has 1 aliphatic heterocycles. The van der Waals surface area contributed by atoms with E-state index in [1.54, 1.807) is 19.2 Å². The lowest BCUT2D eigenvalue weighted by molar-refractivity contribution is -0.130. The van der Waals surface area contributed by atoms with Crippen LogP contribution in [0.3, 0.4) is 0 Å². The number of thioether (sulfide) groups is 1. The van der Waals surface area contributed by atoms with Gasteiger partial charge in [0.05, 0.1) is 20.1 Å². The molecule has 30 heavy (non-hydrogen) atoms. The van der Waals surface area contributed by atoms with E-state index in [4.69, 9.17) is 9.47 Å². The first-order chi connectivity index (χ1) is 14.7. The maximum absolute atomic E-state index is 12.3. The number of hydrogen-bond acceptors (Lipinski definition) is 5. The molecule has 2 aromatic rings. The van der Waals surface area contributed by atoms with Crippen LogP contribution in [0.5, 0.6) is 11.5 Å². The third-order valence-electron chi connectivity index (χ3n) is 4.65. The number of ether oxygens (including phenoxy) is 2. The highest BCUT2D eigenvalue weighted by molar-refractivity contribution is 7.99. The smallest absolute Gasteiger partial charge is 0.319 e. The SMILES string of the molecule is COc1ccccc1OCCNC(=O)Nc1ccc(CC(=O)N2CCSCC2)cc1. The van der Waals surface area contributed by atoms with Gasteiger partial charge in [0.1, 0.15) is 6.61 Å². The van der Waals surface area contributed by atoms with Gasteiger partial charge in [0.15, 0.2) is 11.5 Å². The highest BCUT2D eigenvalue weighted by atomic mass is 32.2. The van der Waals surface area contributed by atoms with Gasteiger partial charge in [-0.25, -0.2) is 4.79 Å². The summed E-state index contributed by atoms with van der Waals surface area (Å²) < 4.78 is 10.8. The van der Waals surface area contributed by atoms with Gasteiger partial charge in [-0.2, -0.15) is 11.8 Å². The van der Waals surface area contributed by atoms with Crippen LogP contribution in [0.1, 0.15) is 5.56 Å². The molecule has 0 aromatic heterocycles. The normalized spacial score (nSPS) is 13.4. The number of hydrogen-bond donors (Lipinski definition) is 2. The van der Waals surface area contributed by atoms with Gasteiger partial charge in [0.25, 0.3) is 0 Å². The zero-order valence-corrected chi connectivity index (χ0v) is 17.9. The number of amides is 3. The third-order valence-corrected chi connectivity index (χ3v) is 5.59. The molecule has 0 aliphatic carbocycles. The Bertz CT molecular complexity index is 839. The predicted molar refractivity (Wildman–Crippen MR) is 120 cm³/mol. The molecular formula is C22H27N3O4S. The second-order valence-corrected chi connectivity index (χ2v) is 7.97. The van der Waals surface area contributed by atoms with Crippen LogP contribution >= 0.6 is 11.8 Å². The molecular weight excluding hydrogens is 402 g/mol. The van der Waals surface area contributed by atoms with Crippen LogP contribution in [0.2, 0.25) is 0 Å². The largest absolute Gasteiger partial charge is 0.493 e. The van der Waals surface area contributed by atoms with E-state index in [-0.39, 0.29) is 11.9 Å². The van der Waals surface area contributed by atoms with Crippen molar-refractivity contribution in [2.24, 2.45) is 0 Å². The topological polar surface area (TPSA) is 79.9 Å². The highest BCUT2D eigenvalue weighted by Gasteiger charge is 2.16. The van der Waals surface area contributed by atoms with Crippen molar-refractivity contribution in [2.75, 3.05) is 50.2 Å². The van der Waals surface area contributed by atoms with Crippen LogP contribution in [0, 0.1) is 0 Å². The maximum atomic E-state index is 12.3. The van der Waals surface area contributed by atoms with Gasteiger partial charge in [-0.05, 0) is 29.8 Å². The van der Waals surface area contributed by atoms with Crippen LogP contribution in [-0.2, 0) is 11.2 Å². The summed E-state index contributed by atoms with van der Waals surface area (Å²) in [7, 11) is 1.59. The number of carbonyl (C=O) groups is 2. The number of rotatable bonds is 8. The predicted octanol–water partition coefficient (Wildman–Crippen LogP) is 3.01. The molecule has 8 heteroatoms. The first-order valence-corrected chi connectivity index (χ1v) is 11.1. The Hall–Kier alpha value is -2.87. The van der Waals surface area contributed by atoms with E-state index in [0.717, 1.165) is 30.2 Å². The minimum absolute atomic E-state index is 0.156. The van der Waals surface area contributed by atoms with Gasteiger partial charge >= 0.3 is 6.03 Å². The van der Waals surface area contributed by atoms with Crippen LogP contribution in [0.15, 0.2) is 48.5 Å². The fourth-order valence-corrected chi connectivity index (χ4v) is 3.95. The third kappa shape index (κ3) is 6.59. The van der Waals surface area contributed by atoms with Crippen molar-refractivity contribution in [3.05, 3.63) is 54.1 Å². The van der Waals surface area contributed by atoms with E-state index in [0.29, 0.717) is 36.8 Å². The molecule has 0 spiro atoms. The number of para-hydroxylation sites is 2. The van der Waals surface area contributed by atoms with Gasteiger partial charge in [-0.1, -0.05) is 24.3 Å². The van der Waals surface area contributed by atoms with E-state index < -0.39 is 0 Å². The van der Waals surface area contributed by atoms with Crippen LogP contribution in [0.4, 0.5) is 10.5 Å². The van der Waals surface area contributed by atoms with Crippen molar-refractivity contribution >= 4 is 29.4 Å². The summed E-state index contributed by atoms with van der Waals surface area (Å²) in [4.78, 5) is 26.3. The molecule has 1 saturated heterocycles. The van der Waals surface area contributed by atoms with Gasteiger partial charge in [0.2, 0.25) is 5.91 Å². The molecule has 1 fully saturated rings. The summed E-state index contributed by atoms with van der Waals surface area (Å²) in [5.74, 6) is 3.46. The fourth-order valence-electron chi connectivity index (χ4n) is 3.04. The van der Waals surface area contributed by atoms with E-state index in [9.17, 15) is 9.59 Å². The zero-order valence-electron chi connectivity index (χ0n) is 17.1. The van der Waals surface area contributed by atoms with Gasteiger partial charge in [-0.15, -0.1) is 0 Å². The Kier molecular flexibility index (Phi) is 8.26. The standard InChI is InChI=1S/C22H27N3O4S/c1-28-19-4-2-3-5-20(19)29-13-10-23-22(27)24-18-8-6-17(7-9-18)16-21(26)25-11-14-30-15-12-25/h2-9H,10-16H2,1H3,(H2,23,24,27). The average Bonchev–Trinajstić information content (AvgIpc) is 2.79. The molecule has 2 N–H and O–H groups in total. The number of nitrogens with one attached hydrogen (secondary N) is 2. The van der Waals surface area contributed by atoms with Crippen molar-refractivity contribution in [1.82, 2.24) is 10.2 Å². The Morgan fingerprint density at radius 1 is 1.03 bits per heavy atom. The lowest BCUT2D eigenvalue weighted by Crippen LogP contribution is -2.38. The molecule has 0 atom stereocenters. The summed E-state index contributed by atoms with van der Waals surface area (Å²) in [6.45, 7) is 2.32. The molecule has 0 radical (unpaired) electrons. The summed E-state index contributed by atoms with van der Waals surface area (Å²) >= 11 is 1.88. The lowest BCUT2D eigenvalue weighted by Gasteiger charge is -2.26. The Balaban J connectivity index is 1.38. The second-order valence-electron chi connectivity index (χ2n) is 6.75. The molecule has 1 aliphatic rings. The summed E-state index contributed by atoms with van der Waals surface area (Å²) in [6, 6.07) is 14.4. The molecule has 7 nitrogen and oxygen atoms in total. The van der Waals surface area contributed by atoms with Crippen LogP contribution in [-0.4, -0.2) is 61.7 Å². The van der Waals surface area contributed by atoms with E-state index in [1.165, 1.54) is 0 Å². The molecule has 0 unspecified atom stereocenters. The minimum atomic E-state index is -0.312. The van der Waals surface area contributed by atoms with Crippen molar-refractivity contribution in [1.29, 1.82) is 0 Å².